The number of likely N-dealkylation sites (N-methyl/N-ethyl adjacent to an activating group) is 1. The maximum Gasteiger partial charge on any atom is 0.416 e. The highest BCUT2D eigenvalue weighted by atomic mass is 19.4. The number of carbonyl (C=O) groups is 1. The van der Waals surface area contributed by atoms with E-state index in [9.17, 15) is 18.0 Å². The van der Waals surface area contributed by atoms with Gasteiger partial charge in [-0.05, 0) is 55.3 Å². The standard InChI is InChI=1S/C16H17N5O.C15H20F3N3O.C2H6/c1-11-4-5-12(2)13(8-11)22-16-9-15(17-10-18-16)19-14-6-7-21(3)20-14;1-2-20-5-7-21(8-6-20)10-12-3-4-13(19-11-22)9-14(12)15(16,17)18;1-2/h4-10H,1-3H3,(H,17,18,19,20);3-4,9,11H,2,5-8,10H2,1H3,(H,19,22);1-2H3. The van der Waals surface area contributed by atoms with E-state index >= 15 is 0 Å². The Labute approximate surface area is 268 Å². The smallest absolute Gasteiger partial charge is 0.416 e. The fourth-order valence-electron chi connectivity index (χ4n) is 4.65. The summed E-state index contributed by atoms with van der Waals surface area (Å²) in [7, 11) is 1.86. The van der Waals surface area contributed by atoms with E-state index in [1.165, 1.54) is 18.5 Å². The van der Waals surface area contributed by atoms with Crippen LogP contribution in [0.2, 0.25) is 0 Å². The van der Waals surface area contributed by atoms with Crippen LogP contribution in [0.4, 0.5) is 30.5 Å². The SMILES string of the molecule is CC.CCN1CCN(Cc2ccc(NC=O)cc2C(F)(F)F)CC1.Cc1ccc(C)c(Oc2cc(Nc3ccn(C)n3)ncn2)c1. The summed E-state index contributed by atoms with van der Waals surface area (Å²) in [5, 5.41) is 9.63. The van der Waals surface area contributed by atoms with Gasteiger partial charge in [0.15, 0.2) is 5.82 Å². The van der Waals surface area contributed by atoms with Gasteiger partial charge in [0.2, 0.25) is 12.3 Å². The lowest BCUT2D eigenvalue weighted by Crippen LogP contribution is -2.45. The molecular weight excluding hydrogens is 597 g/mol. The van der Waals surface area contributed by atoms with Crippen LogP contribution in [-0.2, 0) is 24.6 Å². The van der Waals surface area contributed by atoms with Crippen molar-refractivity contribution in [3.8, 4) is 11.6 Å². The normalized spacial score (nSPS) is 13.5. The molecule has 0 saturated carbocycles. The molecule has 1 aliphatic rings. The number of anilines is 3. The van der Waals surface area contributed by atoms with Gasteiger partial charge in [-0.25, -0.2) is 9.97 Å². The Morgan fingerprint density at radius 2 is 1.65 bits per heavy atom. The van der Waals surface area contributed by atoms with Gasteiger partial charge in [-0.3, -0.25) is 14.4 Å². The number of amides is 1. The molecular formula is C33H43F3N8O2. The van der Waals surface area contributed by atoms with Crippen molar-refractivity contribution < 1.29 is 22.7 Å². The minimum atomic E-state index is -4.43. The van der Waals surface area contributed by atoms with Crippen LogP contribution < -0.4 is 15.4 Å². The van der Waals surface area contributed by atoms with E-state index in [0.29, 0.717) is 18.1 Å². The third kappa shape index (κ3) is 10.8. The van der Waals surface area contributed by atoms with Crippen LogP contribution in [0.15, 0.2) is 61.1 Å². The van der Waals surface area contributed by atoms with Gasteiger partial charge < -0.3 is 20.3 Å². The lowest BCUT2D eigenvalue weighted by atomic mass is 10.0. The number of hydrogen-bond donors (Lipinski definition) is 2. The fourth-order valence-corrected chi connectivity index (χ4v) is 4.65. The molecule has 0 spiro atoms. The monoisotopic (exact) mass is 640 g/mol. The summed E-state index contributed by atoms with van der Waals surface area (Å²) in [6.45, 7) is 14.6. The van der Waals surface area contributed by atoms with Crippen molar-refractivity contribution in [1.29, 1.82) is 0 Å². The first-order chi connectivity index (χ1) is 22.0. The van der Waals surface area contributed by atoms with Crippen LogP contribution in [0.5, 0.6) is 11.6 Å². The number of aryl methyl sites for hydroxylation is 3. The predicted molar refractivity (Wildman–Crippen MR) is 174 cm³/mol. The Morgan fingerprint density at radius 3 is 2.28 bits per heavy atom. The molecule has 2 aromatic carbocycles. The molecule has 0 aliphatic carbocycles. The number of carbonyl (C=O) groups excluding carboxylic acids is 1. The number of aromatic nitrogens is 4. The molecule has 2 N–H and O–H groups in total. The molecule has 5 rings (SSSR count). The molecule has 1 aliphatic heterocycles. The fraction of sp³-hybridized carbons (Fsp3) is 0.394. The Bertz CT molecular complexity index is 1540. The van der Waals surface area contributed by atoms with Gasteiger partial charge in [0.25, 0.3) is 0 Å². The third-order valence-corrected chi connectivity index (χ3v) is 7.12. The Morgan fingerprint density at radius 1 is 0.935 bits per heavy atom. The van der Waals surface area contributed by atoms with Gasteiger partial charge in [-0.15, -0.1) is 0 Å². The van der Waals surface area contributed by atoms with E-state index in [0.717, 1.165) is 61.5 Å². The summed E-state index contributed by atoms with van der Waals surface area (Å²) in [5.74, 6) is 2.64. The summed E-state index contributed by atoms with van der Waals surface area (Å²) in [6.07, 6.45) is -0.733. The van der Waals surface area contributed by atoms with Crippen molar-refractivity contribution in [2.75, 3.05) is 43.4 Å². The van der Waals surface area contributed by atoms with Gasteiger partial charge >= 0.3 is 6.18 Å². The first-order valence-corrected chi connectivity index (χ1v) is 15.2. The second-order valence-corrected chi connectivity index (χ2v) is 10.5. The maximum atomic E-state index is 13.2. The molecule has 1 saturated heterocycles. The molecule has 2 aromatic heterocycles. The predicted octanol–water partition coefficient (Wildman–Crippen LogP) is 6.80. The molecule has 46 heavy (non-hydrogen) atoms. The quantitative estimate of drug-likeness (QED) is 0.193. The first-order valence-electron chi connectivity index (χ1n) is 15.2. The van der Waals surface area contributed by atoms with Crippen molar-refractivity contribution in [3.05, 3.63) is 83.3 Å². The van der Waals surface area contributed by atoms with Crippen molar-refractivity contribution in [1.82, 2.24) is 29.5 Å². The number of piperazine rings is 1. The number of alkyl halides is 3. The average Bonchev–Trinajstić information content (AvgIpc) is 3.45. The van der Waals surface area contributed by atoms with Crippen molar-refractivity contribution in [2.24, 2.45) is 7.05 Å². The summed E-state index contributed by atoms with van der Waals surface area (Å²) in [5.41, 5.74) is 1.91. The van der Waals surface area contributed by atoms with Gasteiger partial charge in [0, 0.05) is 63.8 Å². The van der Waals surface area contributed by atoms with Crippen LogP contribution in [-0.4, -0.2) is 68.7 Å². The molecule has 4 aromatic rings. The highest BCUT2D eigenvalue weighted by Crippen LogP contribution is 2.34. The molecule has 0 radical (unpaired) electrons. The lowest BCUT2D eigenvalue weighted by molar-refractivity contribution is -0.138. The Hall–Kier alpha value is -4.49. The second-order valence-electron chi connectivity index (χ2n) is 10.5. The number of nitrogens with zero attached hydrogens (tertiary/aromatic N) is 6. The van der Waals surface area contributed by atoms with Crippen molar-refractivity contribution in [3.63, 3.8) is 0 Å². The summed E-state index contributed by atoms with van der Waals surface area (Å²) >= 11 is 0. The highest BCUT2D eigenvalue weighted by Gasteiger charge is 2.34. The molecule has 0 bridgehead atoms. The molecule has 10 nitrogen and oxygen atoms in total. The van der Waals surface area contributed by atoms with E-state index in [-0.39, 0.29) is 17.8 Å². The highest BCUT2D eigenvalue weighted by molar-refractivity contribution is 5.71. The molecule has 13 heteroatoms. The Balaban J connectivity index is 0.000000238. The molecule has 0 atom stereocenters. The third-order valence-electron chi connectivity index (χ3n) is 7.12. The van der Waals surface area contributed by atoms with E-state index < -0.39 is 11.7 Å². The van der Waals surface area contributed by atoms with Crippen LogP contribution in [0.25, 0.3) is 0 Å². The lowest BCUT2D eigenvalue weighted by Gasteiger charge is -2.34. The van der Waals surface area contributed by atoms with Gasteiger partial charge in [0.1, 0.15) is 17.9 Å². The Kier molecular flexibility index (Phi) is 13.5. The number of nitrogens with one attached hydrogen (secondary N) is 2. The largest absolute Gasteiger partial charge is 0.439 e. The molecule has 0 unspecified atom stereocenters. The molecule has 3 heterocycles. The van der Waals surface area contributed by atoms with E-state index in [1.807, 2.05) is 64.0 Å². The minimum Gasteiger partial charge on any atom is -0.439 e. The second kappa shape index (κ2) is 17.3. The van der Waals surface area contributed by atoms with E-state index in [1.54, 1.807) is 10.7 Å². The first kappa shape index (κ1) is 36.0. The van der Waals surface area contributed by atoms with Crippen LogP contribution in [0.3, 0.4) is 0 Å². The number of hydrogen-bond acceptors (Lipinski definition) is 8. The average molecular weight is 641 g/mol. The topological polar surface area (TPSA) is 100 Å². The van der Waals surface area contributed by atoms with Crippen molar-refractivity contribution >= 4 is 23.7 Å². The summed E-state index contributed by atoms with van der Waals surface area (Å²) < 4.78 is 47.2. The minimum absolute atomic E-state index is 0.155. The number of ether oxygens (including phenoxy) is 1. The van der Waals surface area contributed by atoms with E-state index in [4.69, 9.17) is 4.74 Å². The van der Waals surface area contributed by atoms with Gasteiger partial charge in [-0.1, -0.05) is 39.0 Å². The number of benzene rings is 2. The maximum absolute atomic E-state index is 13.2. The van der Waals surface area contributed by atoms with Crippen LogP contribution >= 0.6 is 0 Å². The van der Waals surface area contributed by atoms with Gasteiger partial charge in [0.05, 0.1) is 5.56 Å². The summed E-state index contributed by atoms with van der Waals surface area (Å²) in [6, 6.07) is 13.6. The zero-order valence-corrected chi connectivity index (χ0v) is 27.2. The summed E-state index contributed by atoms with van der Waals surface area (Å²) in [4.78, 5) is 23.0. The van der Waals surface area contributed by atoms with E-state index in [2.05, 4.69) is 43.6 Å². The zero-order chi connectivity index (χ0) is 33.7. The van der Waals surface area contributed by atoms with Crippen LogP contribution in [0.1, 0.15) is 43.0 Å². The number of rotatable bonds is 9. The van der Waals surface area contributed by atoms with Crippen LogP contribution in [0, 0.1) is 13.8 Å². The number of halogens is 3. The van der Waals surface area contributed by atoms with Gasteiger partial charge in [-0.2, -0.15) is 18.3 Å². The molecule has 1 fully saturated rings. The zero-order valence-electron chi connectivity index (χ0n) is 27.2. The molecule has 1 amide bonds. The van der Waals surface area contributed by atoms with Crippen molar-refractivity contribution in [2.45, 2.75) is 47.3 Å². The molecule has 248 valence electrons.